The Balaban J connectivity index is 1.74. The average molecular weight is 338 g/mol. The molecule has 4 nitrogen and oxygen atoms in total. The minimum Gasteiger partial charge on any atom is -0.378 e. The molecule has 0 aliphatic carbocycles. The van der Waals surface area contributed by atoms with Crippen LogP contribution in [0.4, 0.5) is 5.69 Å². The molecule has 0 N–H and O–H groups in total. The molecular formula is C21H26N2O2. The number of anilines is 1. The van der Waals surface area contributed by atoms with Crippen LogP contribution in [-0.4, -0.2) is 44.6 Å². The summed E-state index contributed by atoms with van der Waals surface area (Å²) < 4.78 is 5.92. The lowest BCUT2D eigenvalue weighted by atomic mass is 10.0. The highest BCUT2D eigenvalue weighted by atomic mass is 16.5. The van der Waals surface area contributed by atoms with E-state index in [1.54, 1.807) is 0 Å². The fourth-order valence-corrected chi connectivity index (χ4v) is 3.08. The third-order valence-electron chi connectivity index (χ3n) is 4.89. The van der Waals surface area contributed by atoms with Crippen LogP contribution in [-0.2, 0) is 4.74 Å². The lowest BCUT2D eigenvalue weighted by Gasteiger charge is -2.33. The zero-order chi connectivity index (χ0) is 18.0. The molecule has 0 saturated carbocycles. The number of carbonyl (C=O) groups excluding carboxylic acids is 1. The van der Waals surface area contributed by atoms with E-state index in [-0.39, 0.29) is 12.0 Å². The van der Waals surface area contributed by atoms with Crippen LogP contribution in [0.3, 0.4) is 0 Å². The smallest absolute Gasteiger partial charge is 0.254 e. The van der Waals surface area contributed by atoms with Gasteiger partial charge in [-0.2, -0.15) is 0 Å². The summed E-state index contributed by atoms with van der Waals surface area (Å²) in [7, 11) is 4.05. The van der Waals surface area contributed by atoms with Gasteiger partial charge in [-0.1, -0.05) is 18.2 Å². The number of hydrogen-bond donors (Lipinski definition) is 0. The van der Waals surface area contributed by atoms with Crippen molar-refractivity contribution >= 4 is 11.6 Å². The lowest BCUT2D eigenvalue weighted by Crippen LogP contribution is -2.42. The molecule has 1 saturated heterocycles. The number of ether oxygens (including phenoxy) is 1. The first-order valence-electron chi connectivity index (χ1n) is 8.71. The summed E-state index contributed by atoms with van der Waals surface area (Å²) in [6, 6.07) is 14.3. The van der Waals surface area contributed by atoms with E-state index in [9.17, 15) is 4.79 Å². The van der Waals surface area contributed by atoms with Crippen molar-refractivity contribution in [2.75, 3.05) is 38.7 Å². The number of rotatable bonds is 3. The molecule has 25 heavy (non-hydrogen) atoms. The molecule has 1 aliphatic rings. The monoisotopic (exact) mass is 338 g/mol. The van der Waals surface area contributed by atoms with E-state index < -0.39 is 0 Å². The molecule has 1 unspecified atom stereocenters. The van der Waals surface area contributed by atoms with Gasteiger partial charge in [0.1, 0.15) is 6.10 Å². The van der Waals surface area contributed by atoms with E-state index in [0.717, 1.165) is 22.4 Å². The zero-order valence-corrected chi connectivity index (χ0v) is 15.5. The van der Waals surface area contributed by atoms with Crippen LogP contribution in [0.5, 0.6) is 0 Å². The summed E-state index contributed by atoms with van der Waals surface area (Å²) >= 11 is 0. The van der Waals surface area contributed by atoms with Crippen LogP contribution in [0.2, 0.25) is 0 Å². The van der Waals surface area contributed by atoms with Gasteiger partial charge >= 0.3 is 0 Å². The highest BCUT2D eigenvalue weighted by molar-refractivity contribution is 5.94. The molecule has 1 atom stereocenters. The summed E-state index contributed by atoms with van der Waals surface area (Å²) in [5.41, 5.74) is 5.38. The standard InChI is InChI=1S/C21H26N2O2/c1-15-5-6-18(13-16(15)2)21(24)23-11-12-25-20(14-23)17-7-9-19(10-8-17)22(3)4/h5-10,13,20H,11-12,14H2,1-4H3. The Kier molecular flexibility index (Phi) is 5.09. The van der Waals surface area contributed by atoms with Gasteiger partial charge in [-0.3, -0.25) is 4.79 Å². The van der Waals surface area contributed by atoms with Crippen molar-refractivity contribution in [2.24, 2.45) is 0 Å². The Hall–Kier alpha value is -2.33. The highest BCUT2D eigenvalue weighted by Crippen LogP contribution is 2.25. The second-order valence-corrected chi connectivity index (χ2v) is 6.90. The Labute approximate surface area is 150 Å². The van der Waals surface area contributed by atoms with Gasteiger partial charge < -0.3 is 14.5 Å². The first kappa shape index (κ1) is 17.5. The Morgan fingerprint density at radius 1 is 1.08 bits per heavy atom. The summed E-state index contributed by atoms with van der Waals surface area (Å²) in [5.74, 6) is 0.0845. The predicted molar refractivity (Wildman–Crippen MR) is 101 cm³/mol. The fourth-order valence-electron chi connectivity index (χ4n) is 3.08. The molecule has 1 heterocycles. The highest BCUT2D eigenvalue weighted by Gasteiger charge is 2.26. The molecule has 2 aromatic rings. The van der Waals surface area contributed by atoms with Crippen LogP contribution in [0.25, 0.3) is 0 Å². The minimum atomic E-state index is -0.0690. The van der Waals surface area contributed by atoms with E-state index in [4.69, 9.17) is 4.74 Å². The van der Waals surface area contributed by atoms with Gasteiger partial charge in [0.25, 0.3) is 5.91 Å². The van der Waals surface area contributed by atoms with Crippen LogP contribution in [0.15, 0.2) is 42.5 Å². The maximum Gasteiger partial charge on any atom is 0.254 e. The number of nitrogens with zero attached hydrogens (tertiary/aromatic N) is 2. The zero-order valence-electron chi connectivity index (χ0n) is 15.5. The van der Waals surface area contributed by atoms with E-state index in [1.165, 1.54) is 5.56 Å². The number of morpholine rings is 1. The summed E-state index contributed by atoms with van der Waals surface area (Å²) in [5, 5.41) is 0. The van der Waals surface area contributed by atoms with Crippen molar-refractivity contribution in [3.63, 3.8) is 0 Å². The lowest BCUT2D eigenvalue weighted by molar-refractivity contribution is -0.0228. The number of aryl methyl sites for hydroxylation is 2. The summed E-state index contributed by atoms with van der Waals surface area (Å²) in [4.78, 5) is 16.8. The Morgan fingerprint density at radius 3 is 2.44 bits per heavy atom. The van der Waals surface area contributed by atoms with Crippen molar-refractivity contribution in [2.45, 2.75) is 20.0 Å². The van der Waals surface area contributed by atoms with Crippen molar-refractivity contribution in [3.8, 4) is 0 Å². The second-order valence-electron chi connectivity index (χ2n) is 6.90. The van der Waals surface area contributed by atoms with E-state index in [2.05, 4.69) is 36.1 Å². The van der Waals surface area contributed by atoms with Crippen molar-refractivity contribution < 1.29 is 9.53 Å². The maximum absolute atomic E-state index is 12.8. The van der Waals surface area contributed by atoms with Crippen LogP contribution < -0.4 is 4.90 Å². The number of amides is 1. The Bertz CT molecular complexity index is 753. The molecule has 2 aromatic carbocycles. The van der Waals surface area contributed by atoms with Crippen molar-refractivity contribution in [1.82, 2.24) is 4.90 Å². The Morgan fingerprint density at radius 2 is 1.80 bits per heavy atom. The van der Waals surface area contributed by atoms with E-state index in [0.29, 0.717) is 19.7 Å². The van der Waals surface area contributed by atoms with Gasteiger partial charge in [-0.05, 0) is 54.8 Å². The third-order valence-corrected chi connectivity index (χ3v) is 4.89. The van der Waals surface area contributed by atoms with Crippen LogP contribution in [0, 0.1) is 13.8 Å². The van der Waals surface area contributed by atoms with Gasteiger partial charge in [0.15, 0.2) is 0 Å². The number of hydrogen-bond acceptors (Lipinski definition) is 3. The normalized spacial score (nSPS) is 17.4. The maximum atomic E-state index is 12.8. The van der Waals surface area contributed by atoms with Crippen LogP contribution in [0.1, 0.15) is 33.2 Å². The summed E-state index contributed by atoms with van der Waals surface area (Å²) in [6.45, 7) is 5.90. The first-order valence-corrected chi connectivity index (χ1v) is 8.71. The SMILES string of the molecule is Cc1ccc(C(=O)N2CCOC(c3ccc(N(C)C)cc3)C2)cc1C. The largest absolute Gasteiger partial charge is 0.378 e. The van der Waals surface area contributed by atoms with E-state index >= 15 is 0 Å². The first-order chi connectivity index (χ1) is 12.0. The molecule has 0 spiro atoms. The van der Waals surface area contributed by atoms with Crippen molar-refractivity contribution in [1.29, 1.82) is 0 Å². The molecule has 0 radical (unpaired) electrons. The average Bonchev–Trinajstić information content (AvgIpc) is 2.63. The molecule has 1 aliphatic heterocycles. The molecule has 1 fully saturated rings. The minimum absolute atomic E-state index is 0.0690. The predicted octanol–water partition coefficient (Wildman–Crippen LogP) is 3.58. The molecule has 4 heteroatoms. The number of carbonyl (C=O) groups is 1. The topological polar surface area (TPSA) is 32.8 Å². The quantitative estimate of drug-likeness (QED) is 0.857. The third kappa shape index (κ3) is 3.85. The van der Waals surface area contributed by atoms with Gasteiger partial charge in [0.2, 0.25) is 0 Å². The fraction of sp³-hybridized carbons (Fsp3) is 0.381. The molecule has 1 amide bonds. The molecule has 3 rings (SSSR count). The molecular weight excluding hydrogens is 312 g/mol. The van der Waals surface area contributed by atoms with Crippen LogP contribution >= 0.6 is 0 Å². The van der Waals surface area contributed by atoms with Gasteiger partial charge in [-0.25, -0.2) is 0 Å². The molecule has 0 aromatic heterocycles. The van der Waals surface area contributed by atoms with Crippen molar-refractivity contribution in [3.05, 3.63) is 64.7 Å². The van der Waals surface area contributed by atoms with E-state index in [1.807, 2.05) is 44.1 Å². The van der Waals surface area contributed by atoms with Gasteiger partial charge in [0, 0.05) is 31.9 Å². The second kappa shape index (κ2) is 7.28. The molecule has 0 bridgehead atoms. The van der Waals surface area contributed by atoms with Gasteiger partial charge in [0.05, 0.1) is 13.2 Å². The van der Waals surface area contributed by atoms with Gasteiger partial charge in [-0.15, -0.1) is 0 Å². The molecule has 132 valence electrons. The summed E-state index contributed by atoms with van der Waals surface area (Å²) in [6.07, 6.45) is -0.0690. The number of benzene rings is 2.